The molecule has 0 aliphatic heterocycles. The van der Waals surface area contributed by atoms with E-state index in [0.29, 0.717) is 11.7 Å². The molecule has 0 N–H and O–H groups in total. The summed E-state index contributed by atoms with van der Waals surface area (Å²) in [5, 5.41) is 0. The van der Waals surface area contributed by atoms with E-state index in [1.165, 1.54) is 26.4 Å². The third-order valence-corrected chi connectivity index (χ3v) is 2.81. The summed E-state index contributed by atoms with van der Waals surface area (Å²) in [7, 11) is 1.44. The molecule has 1 aliphatic rings. The molecule has 3 heteroatoms. The standard InChI is InChI=1S/C8H14O2S/c1-10-8(9)7(5-11)6-3-2-4-6/h6-7,11H,2-5H2,1H3. The first-order chi connectivity index (χ1) is 5.29. The van der Waals surface area contributed by atoms with Gasteiger partial charge < -0.3 is 4.74 Å². The van der Waals surface area contributed by atoms with E-state index in [2.05, 4.69) is 17.4 Å². The summed E-state index contributed by atoms with van der Waals surface area (Å²) in [6.07, 6.45) is 3.59. The normalized spacial score (nSPS) is 20.5. The van der Waals surface area contributed by atoms with Gasteiger partial charge in [0.05, 0.1) is 13.0 Å². The molecule has 64 valence electrons. The number of thiol groups is 1. The van der Waals surface area contributed by atoms with Gasteiger partial charge in [-0.15, -0.1) is 0 Å². The van der Waals surface area contributed by atoms with Crippen LogP contribution in [0.25, 0.3) is 0 Å². The van der Waals surface area contributed by atoms with Gasteiger partial charge in [-0.1, -0.05) is 6.42 Å². The summed E-state index contributed by atoms with van der Waals surface area (Å²) in [5.74, 6) is 1.11. The minimum atomic E-state index is -0.0929. The van der Waals surface area contributed by atoms with Gasteiger partial charge in [-0.05, 0) is 18.8 Å². The van der Waals surface area contributed by atoms with Gasteiger partial charge in [0.15, 0.2) is 0 Å². The summed E-state index contributed by atoms with van der Waals surface area (Å²) >= 11 is 4.14. The van der Waals surface area contributed by atoms with Gasteiger partial charge >= 0.3 is 5.97 Å². The Morgan fingerprint density at radius 1 is 1.73 bits per heavy atom. The van der Waals surface area contributed by atoms with Gasteiger partial charge in [0, 0.05) is 5.75 Å². The third kappa shape index (κ3) is 1.89. The van der Waals surface area contributed by atoms with Crippen LogP contribution in [-0.2, 0) is 9.53 Å². The molecule has 1 unspecified atom stereocenters. The predicted octanol–water partition coefficient (Wildman–Crippen LogP) is 1.51. The highest BCUT2D eigenvalue weighted by molar-refractivity contribution is 7.80. The van der Waals surface area contributed by atoms with Gasteiger partial charge in [-0.2, -0.15) is 12.6 Å². The molecule has 11 heavy (non-hydrogen) atoms. The Hall–Kier alpha value is -0.180. The Balaban J connectivity index is 2.40. The molecule has 0 amide bonds. The Morgan fingerprint density at radius 3 is 2.64 bits per heavy atom. The molecule has 2 nitrogen and oxygen atoms in total. The molecule has 0 heterocycles. The van der Waals surface area contributed by atoms with Crippen LogP contribution in [0.1, 0.15) is 19.3 Å². The molecule has 1 rings (SSSR count). The van der Waals surface area contributed by atoms with E-state index in [-0.39, 0.29) is 11.9 Å². The molecule has 0 aromatic carbocycles. The summed E-state index contributed by atoms with van der Waals surface area (Å²) in [6, 6.07) is 0. The first kappa shape index (κ1) is 8.91. The summed E-state index contributed by atoms with van der Waals surface area (Å²) in [5.41, 5.74) is 0. The highest BCUT2D eigenvalue weighted by atomic mass is 32.1. The SMILES string of the molecule is COC(=O)C(CS)C1CCC1. The molecular formula is C8H14O2S. The Labute approximate surface area is 72.7 Å². The van der Waals surface area contributed by atoms with E-state index in [0.717, 1.165) is 0 Å². The predicted molar refractivity (Wildman–Crippen MR) is 46.7 cm³/mol. The number of ether oxygens (including phenoxy) is 1. The minimum Gasteiger partial charge on any atom is -0.469 e. The number of carbonyl (C=O) groups excluding carboxylic acids is 1. The molecule has 0 saturated heterocycles. The molecule has 0 radical (unpaired) electrons. The fourth-order valence-corrected chi connectivity index (χ4v) is 1.86. The van der Waals surface area contributed by atoms with Crippen molar-refractivity contribution in [2.75, 3.05) is 12.9 Å². The molecular weight excluding hydrogens is 160 g/mol. The Kier molecular flexibility index (Phi) is 3.24. The lowest BCUT2D eigenvalue weighted by atomic mass is 9.76. The highest BCUT2D eigenvalue weighted by Crippen LogP contribution is 2.34. The minimum absolute atomic E-state index is 0.0390. The maximum atomic E-state index is 11.1. The summed E-state index contributed by atoms with van der Waals surface area (Å²) in [6.45, 7) is 0. The number of hydrogen-bond acceptors (Lipinski definition) is 3. The number of carbonyl (C=O) groups is 1. The van der Waals surface area contributed by atoms with Crippen LogP contribution >= 0.6 is 12.6 Å². The van der Waals surface area contributed by atoms with Crippen molar-refractivity contribution in [1.82, 2.24) is 0 Å². The lowest BCUT2D eigenvalue weighted by molar-refractivity contribution is -0.147. The van der Waals surface area contributed by atoms with E-state index in [9.17, 15) is 4.79 Å². The van der Waals surface area contributed by atoms with Crippen LogP contribution in [0, 0.1) is 11.8 Å². The lowest BCUT2D eigenvalue weighted by Gasteiger charge is -2.30. The van der Waals surface area contributed by atoms with Crippen molar-refractivity contribution in [3.8, 4) is 0 Å². The number of hydrogen-bond donors (Lipinski definition) is 1. The van der Waals surface area contributed by atoms with Crippen molar-refractivity contribution in [2.24, 2.45) is 11.8 Å². The molecule has 0 aromatic heterocycles. The topological polar surface area (TPSA) is 26.3 Å². The van der Waals surface area contributed by atoms with Gasteiger partial charge in [0.25, 0.3) is 0 Å². The van der Waals surface area contributed by atoms with Crippen molar-refractivity contribution in [2.45, 2.75) is 19.3 Å². The smallest absolute Gasteiger partial charge is 0.309 e. The summed E-state index contributed by atoms with van der Waals surface area (Å²) < 4.78 is 4.67. The molecule has 1 fully saturated rings. The van der Waals surface area contributed by atoms with Crippen molar-refractivity contribution in [3.05, 3.63) is 0 Å². The molecule has 0 aromatic rings. The largest absolute Gasteiger partial charge is 0.469 e. The summed E-state index contributed by atoms with van der Waals surface area (Å²) in [4.78, 5) is 11.1. The maximum Gasteiger partial charge on any atom is 0.309 e. The van der Waals surface area contributed by atoms with Gasteiger partial charge in [0.1, 0.15) is 0 Å². The number of rotatable bonds is 3. The molecule has 1 saturated carbocycles. The number of esters is 1. The monoisotopic (exact) mass is 174 g/mol. The lowest BCUT2D eigenvalue weighted by Crippen LogP contribution is -2.30. The van der Waals surface area contributed by atoms with Crippen LogP contribution in [0.15, 0.2) is 0 Å². The zero-order valence-corrected chi connectivity index (χ0v) is 7.64. The van der Waals surface area contributed by atoms with Gasteiger partial charge in [0.2, 0.25) is 0 Å². The highest BCUT2D eigenvalue weighted by Gasteiger charge is 2.31. The van der Waals surface area contributed by atoms with Gasteiger partial charge in [-0.25, -0.2) is 0 Å². The van der Waals surface area contributed by atoms with Crippen LogP contribution in [0.5, 0.6) is 0 Å². The van der Waals surface area contributed by atoms with E-state index in [1.54, 1.807) is 0 Å². The van der Waals surface area contributed by atoms with Crippen LogP contribution in [0.4, 0.5) is 0 Å². The van der Waals surface area contributed by atoms with Crippen molar-refractivity contribution in [1.29, 1.82) is 0 Å². The fourth-order valence-electron chi connectivity index (χ4n) is 1.41. The quantitative estimate of drug-likeness (QED) is 0.518. The van der Waals surface area contributed by atoms with Crippen molar-refractivity contribution >= 4 is 18.6 Å². The second-order valence-corrected chi connectivity index (χ2v) is 3.37. The van der Waals surface area contributed by atoms with Crippen LogP contribution in [-0.4, -0.2) is 18.8 Å². The average Bonchev–Trinajstić information content (AvgIpc) is 1.94. The Bertz CT molecular complexity index is 143. The van der Waals surface area contributed by atoms with E-state index in [1.807, 2.05) is 0 Å². The molecule has 0 bridgehead atoms. The molecule has 0 spiro atoms. The second-order valence-electron chi connectivity index (χ2n) is 3.00. The first-order valence-corrected chi connectivity index (χ1v) is 4.61. The van der Waals surface area contributed by atoms with E-state index < -0.39 is 0 Å². The second kappa shape index (κ2) is 4.00. The van der Waals surface area contributed by atoms with Crippen molar-refractivity contribution < 1.29 is 9.53 Å². The fraction of sp³-hybridized carbons (Fsp3) is 0.875. The average molecular weight is 174 g/mol. The van der Waals surface area contributed by atoms with Crippen LogP contribution in [0.3, 0.4) is 0 Å². The van der Waals surface area contributed by atoms with Crippen LogP contribution < -0.4 is 0 Å². The third-order valence-electron chi connectivity index (χ3n) is 2.42. The van der Waals surface area contributed by atoms with Crippen molar-refractivity contribution in [3.63, 3.8) is 0 Å². The molecule has 1 aliphatic carbocycles. The van der Waals surface area contributed by atoms with Crippen LogP contribution in [0.2, 0.25) is 0 Å². The van der Waals surface area contributed by atoms with E-state index in [4.69, 9.17) is 0 Å². The van der Waals surface area contributed by atoms with E-state index >= 15 is 0 Å². The zero-order valence-electron chi connectivity index (χ0n) is 6.75. The Morgan fingerprint density at radius 2 is 2.36 bits per heavy atom. The molecule has 1 atom stereocenters. The maximum absolute atomic E-state index is 11.1. The van der Waals surface area contributed by atoms with Gasteiger partial charge in [-0.3, -0.25) is 4.79 Å². The number of methoxy groups -OCH3 is 1. The first-order valence-electron chi connectivity index (χ1n) is 3.98. The zero-order chi connectivity index (χ0) is 8.27.